The number of carbonyl (C=O) groups is 2. The first-order chi connectivity index (χ1) is 17.2. The van der Waals surface area contributed by atoms with Gasteiger partial charge in [-0.25, -0.2) is 17.6 Å². The van der Waals surface area contributed by atoms with Gasteiger partial charge in [-0.1, -0.05) is 0 Å². The number of benzene rings is 2. The molecule has 11 heteroatoms. The molecule has 36 heavy (non-hydrogen) atoms. The molecule has 2 aromatic carbocycles. The highest BCUT2D eigenvalue weighted by Gasteiger charge is 2.30. The summed E-state index contributed by atoms with van der Waals surface area (Å²) < 4.78 is 51.4. The second kappa shape index (κ2) is 10.7. The zero-order valence-electron chi connectivity index (χ0n) is 19.7. The third kappa shape index (κ3) is 5.21. The maximum absolute atomic E-state index is 13.5. The summed E-state index contributed by atoms with van der Waals surface area (Å²) in [5, 5.41) is 3.07. The van der Waals surface area contributed by atoms with E-state index in [0.29, 0.717) is 22.7 Å². The van der Waals surface area contributed by atoms with Gasteiger partial charge in [0, 0.05) is 4.88 Å². The number of methoxy groups -OCH3 is 2. The molecule has 1 aromatic heterocycles. The number of nitrogens with one attached hydrogen (secondary N) is 1. The molecule has 8 nitrogen and oxygen atoms in total. The number of fused-ring (bicyclic) bond motifs is 1. The molecule has 0 saturated carbocycles. The van der Waals surface area contributed by atoms with Crippen LogP contribution in [0.5, 0.6) is 5.75 Å². The van der Waals surface area contributed by atoms with Crippen molar-refractivity contribution < 1.29 is 31.9 Å². The number of ether oxygens (including phenoxy) is 2. The average Bonchev–Trinajstić information content (AvgIpc) is 3.24. The summed E-state index contributed by atoms with van der Waals surface area (Å²) in [4.78, 5) is 26.5. The fourth-order valence-corrected chi connectivity index (χ4v) is 6.78. The quantitative estimate of drug-likeness (QED) is 0.432. The van der Waals surface area contributed by atoms with Crippen molar-refractivity contribution in [1.82, 2.24) is 0 Å². The fourth-order valence-electron chi connectivity index (χ4n) is 4.07. The minimum absolute atomic E-state index is 0.172. The fraction of sp³-hybridized carbons (Fsp3) is 0.280. The summed E-state index contributed by atoms with van der Waals surface area (Å²) in [5.74, 6) is -1.26. The van der Waals surface area contributed by atoms with Gasteiger partial charge in [-0.05, 0) is 79.8 Å². The van der Waals surface area contributed by atoms with Gasteiger partial charge in [-0.15, -0.1) is 11.3 Å². The Morgan fingerprint density at radius 3 is 2.33 bits per heavy atom. The Morgan fingerprint density at radius 2 is 1.69 bits per heavy atom. The molecule has 190 valence electrons. The molecular weight excluding hydrogens is 507 g/mol. The first-order valence-corrected chi connectivity index (χ1v) is 13.5. The molecule has 0 spiro atoms. The molecule has 1 heterocycles. The highest BCUT2D eigenvalue weighted by molar-refractivity contribution is 7.92. The molecule has 3 aromatic rings. The summed E-state index contributed by atoms with van der Waals surface area (Å²) in [6, 6.07) is 10.5. The summed E-state index contributed by atoms with van der Waals surface area (Å²) >= 11 is 1.31. The first-order valence-electron chi connectivity index (χ1n) is 11.2. The second-order valence-electron chi connectivity index (χ2n) is 8.12. The average molecular weight is 533 g/mol. The number of sulfonamides is 1. The normalized spacial score (nSPS) is 13.0. The van der Waals surface area contributed by atoms with E-state index in [9.17, 15) is 22.4 Å². The molecule has 0 aliphatic heterocycles. The Morgan fingerprint density at radius 1 is 1.03 bits per heavy atom. The van der Waals surface area contributed by atoms with E-state index < -0.39 is 34.3 Å². The lowest BCUT2D eigenvalue weighted by atomic mass is 9.95. The molecule has 1 aliphatic carbocycles. The van der Waals surface area contributed by atoms with Gasteiger partial charge in [0.2, 0.25) is 5.91 Å². The number of amides is 1. The summed E-state index contributed by atoms with van der Waals surface area (Å²) in [7, 11) is -1.47. The number of hydrogen-bond acceptors (Lipinski definition) is 7. The number of rotatable bonds is 8. The number of carbonyl (C=O) groups excluding carboxylic acids is 2. The minimum atomic E-state index is -4.23. The maximum atomic E-state index is 13.5. The van der Waals surface area contributed by atoms with E-state index in [1.54, 1.807) is 12.1 Å². The lowest BCUT2D eigenvalue weighted by Gasteiger charge is -2.24. The highest BCUT2D eigenvalue weighted by Crippen LogP contribution is 2.38. The molecular formula is C25H25FN2O6S2. The van der Waals surface area contributed by atoms with Gasteiger partial charge in [0.05, 0.1) is 30.4 Å². The predicted octanol–water partition coefficient (Wildman–Crippen LogP) is 4.40. The number of halogens is 1. The van der Waals surface area contributed by atoms with E-state index in [4.69, 9.17) is 9.47 Å². The number of anilines is 2. The van der Waals surface area contributed by atoms with Crippen molar-refractivity contribution in [3.8, 4) is 5.75 Å². The Balaban J connectivity index is 1.67. The SMILES string of the molecule is COC(=O)c1c(NC(=O)CN(c2ccc(OC)cc2)S(=O)(=O)c2ccc(F)cc2)sc2c1CCCC2. The van der Waals surface area contributed by atoms with Crippen molar-refractivity contribution in [2.45, 2.75) is 30.6 Å². The zero-order chi connectivity index (χ0) is 25.9. The maximum Gasteiger partial charge on any atom is 0.341 e. The van der Waals surface area contributed by atoms with E-state index in [1.165, 1.54) is 37.7 Å². The second-order valence-corrected chi connectivity index (χ2v) is 11.1. The van der Waals surface area contributed by atoms with Gasteiger partial charge >= 0.3 is 5.97 Å². The van der Waals surface area contributed by atoms with E-state index in [1.807, 2.05) is 0 Å². The molecule has 1 amide bonds. The molecule has 0 unspecified atom stereocenters. The van der Waals surface area contributed by atoms with Gasteiger partial charge in [0.1, 0.15) is 23.1 Å². The van der Waals surface area contributed by atoms with Crippen LogP contribution in [0.2, 0.25) is 0 Å². The number of hydrogen-bond donors (Lipinski definition) is 1. The van der Waals surface area contributed by atoms with Gasteiger partial charge in [0.15, 0.2) is 0 Å². The number of aryl methyl sites for hydroxylation is 1. The minimum Gasteiger partial charge on any atom is -0.497 e. The molecule has 0 saturated heterocycles. The van der Waals surface area contributed by atoms with Crippen LogP contribution in [0.1, 0.15) is 33.6 Å². The molecule has 0 fully saturated rings. The van der Waals surface area contributed by atoms with Crippen molar-refractivity contribution >= 4 is 43.9 Å². The lowest BCUT2D eigenvalue weighted by Crippen LogP contribution is -2.38. The number of thiophene rings is 1. The third-order valence-electron chi connectivity index (χ3n) is 5.86. The van der Waals surface area contributed by atoms with Crippen molar-refractivity contribution in [2.24, 2.45) is 0 Å². The standard InChI is InChI=1S/C25H25FN2O6S2/c1-33-18-11-9-17(10-12-18)28(36(31,32)19-13-7-16(26)8-14-19)15-22(29)27-24-23(25(30)34-2)20-5-3-4-6-21(20)35-24/h7-14H,3-6,15H2,1-2H3,(H,27,29). The van der Waals surface area contributed by atoms with Crippen molar-refractivity contribution in [3.05, 3.63) is 70.4 Å². The van der Waals surface area contributed by atoms with Crippen LogP contribution in [0.25, 0.3) is 0 Å². The van der Waals surface area contributed by atoms with E-state index in [-0.39, 0.29) is 10.6 Å². The molecule has 0 bridgehead atoms. The monoisotopic (exact) mass is 532 g/mol. The molecule has 0 atom stereocenters. The van der Waals surface area contributed by atoms with E-state index in [2.05, 4.69) is 5.32 Å². The smallest absolute Gasteiger partial charge is 0.341 e. The summed E-state index contributed by atoms with van der Waals surface area (Å²) in [6.07, 6.45) is 3.44. The van der Waals surface area contributed by atoms with E-state index in [0.717, 1.165) is 58.3 Å². The Bertz CT molecular complexity index is 1370. The molecule has 0 radical (unpaired) electrons. The van der Waals surface area contributed by atoms with Gasteiger partial charge in [-0.2, -0.15) is 0 Å². The van der Waals surface area contributed by atoms with Crippen molar-refractivity contribution in [2.75, 3.05) is 30.4 Å². The van der Waals surface area contributed by atoms with Crippen LogP contribution in [0.4, 0.5) is 15.1 Å². The lowest BCUT2D eigenvalue weighted by molar-refractivity contribution is -0.114. The number of esters is 1. The van der Waals surface area contributed by atoms with Crippen LogP contribution in [-0.4, -0.2) is 41.1 Å². The number of nitrogens with zero attached hydrogens (tertiary/aromatic N) is 1. The zero-order valence-corrected chi connectivity index (χ0v) is 21.4. The van der Waals surface area contributed by atoms with Crippen LogP contribution in [0.3, 0.4) is 0 Å². The van der Waals surface area contributed by atoms with Gasteiger partial charge in [-0.3, -0.25) is 9.10 Å². The highest BCUT2D eigenvalue weighted by atomic mass is 32.2. The van der Waals surface area contributed by atoms with Gasteiger partial charge in [0.25, 0.3) is 10.0 Å². The van der Waals surface area contributed by atoms with Crippen molar-refractivity contribution in [3.63, 3.8) is 0 Å². The van der Waals surface area contributed by atoms with Crippen LogP contribution in [0.15, 0.2) is 53.4 Å². The largest absolute Gasteiger partial charge is 0.497 e. The molecule has 1 aliphatic rings. The Hall–Kier alpha value is -3.44. The molecule has 1 N–H and O–H groups in total. The molecule has 4 rings (SSSR count). The first kappa shape index (κ1) is 25.6. The van der Waals surface area contributed by atoms with Crippen LogP contribution >= 0.6 is 11.3 Å². The summed E-state index contributed by atoms with van der Waals surface area (Å²) in [6.45, 7) is -0.574. The Labute approximate surface area is 212 Å². The topological polar surface area (TPSA) is 102 Å². The van der Waals surface area contributed by atoms with E-state index >= 15 is 0 Å². The van der Waals surface area contributed by atoms with Crippen LogP contribution < -0.4 is 14.4 Å². The van der Waals surface area contributed by atoms with Crippen LogP contribution in [0, 0.1) is 5.82 Å². The summed E-state index contributed by atoms with van der Waals surface area (Å²) in [5.41, 5.74) is 1.41. The predicted molar refractivity (Wildman–Crippen MR) is 135 cm³/mol. The van der Waals surface area contributed by atoms with Crippen molar-refractivity contribution in [1.29, 1.82) is 0 Å². The third-order valence-corrected chi connectivity index (χ3v) is 8.86. The Kier molecular flexibility index (Phi) is 7.60. The van der Waals surface area contributed by atoms with Crippen LogP contribution in [-0.2, 0) is 32.4 Å². The van der Waals surface area contributed by atoms with Gasteiger partial charge < -0.3 is 14.8 Å².